The predicted molar refractivity (Wildman–Crippen MR) is 201 cm³/mol. The van der Waals surface area contributed by atoms with Gasteiger partial charge >= 0.3 is 18.1 Å². The molecule has 3 fully saturated rings. The predicted octanol–water partition coefficient (Wildman–Crippen LogP) is 3.80. The summed E-state index contributed by atoms with van der Waals surface area (Å²) in [5.41, 5.74) is -6.25. The Balaban J connectivity index is 1.45. The van der Waals surface area contributed by atoms with Gasteiger partial charge in [-0.25, -0.2) is 14.0 Å². The second-order valence-electron chi connectivity index (χ2n) is 16.2. The third-order valence-electron chi connectivity index (χ3n) is 12.7. The van der Waals surface area contributed by atoms with Gasteiger partial charge in [0.2, 0.25) is 11.7 Å². The Bertz CT molecular complexity index is 1740. The molecule has 0 spiro atoms. The van der Waals surface area contributed by atoms with Gasteiger partial charge in [0.25, 0.3) is 10.2 Å². The minimum atomic E-state index is -2.22. The number of hydrogen-bond acceptors (Lipinski definition) is 17. The summed E-state index contributed by atoms with van der Waals surface area (Å²) < 4.78 is 39.3. The summed E-state index contributed by atoms with van der Waals surface area (Å²) in [6.45, 7) is 4.09. The minimum absolute atomic E-state index is 0.123. The van der Waals surface area contributed by atoms with E-state index in [0.29, 0.717) is 18.4 Å². The fourth-order valence-electron chi connectivity index (χ4n) is 9.83. The normalized spacial score (nSPS) is 30.6. The lowest BCUT2D eigenvalue weighted by molar-refractivity contribution is -0.757. The molecule has 0 aliphatic heterocycles. The van der Waals surface area contributed by atoms with Crippen molar-refractivity contribution in [2.45, 2.75) is 122 Å². The summed E-state index contributed by atoms with van der Waals surface area (Å²) in [4.78, 5) is 107. The largest absolute Gasteiger partial charge is 0.508 e. The van der Waals surface area contributed by atoms with E-state index in [9.17, 15) is 54.1 Å². The molecule has 334 valence electrons. The Morgan fingerprint density at radius 2 is 1.62 bits per heavy atom. The van der Waals surface area contributed by atoms with Crippen molar-refractivity contribution in [1.82, 2.24) is 5.32 Å². The Hall–Kier alpha value is -5.21. The molecule has 4 rings (SSSR count). The molecule has 0 saturated heterocycles. The number of fused-ring (bicyclic) bond motifs is 5. The molecule has 0 heterocycles. The second kappa shape index (κ2) is 19.9. The lowest BCUT2D eigenvalue weighted by atomic mass is 9.44. The van der Waals surface area contributed by atoms with Crippen LogP contribution in [0.4, 0.5) is 9.18 Å². The number of aliphatic hydroxyl groups excluding tert-OH is 1. The summed E-state index contributed by atoms with van der Waals surface area (Å²) in [5, 5.41) is 32.9. The maximum Gasteiger partial charge on any atom is 0.508 e. The third kappa shape index (κ3) is 9.87. The number of alkyl halides is 1. The van der Waals surface area contributed by atoms with Gasteiger partial charge in [0.15, 0.2) is 29.7 Å². The highest BCUT2D eigenvalue weighted by Crippen LogP contribution is 2.71. The van der Waals surface area contributed by atoms with E-state index in [1.54, 1.807) is 20.8 Å². The first kappa shape index (κ1) is 47.5. The molecule has 0 aromatic heterocycles. The Labute approximate surface area is 345 Å². The standard InChI is InChI=1S/C39H54FN3O17/c1-5-33(48)60-39(24(2)19-28-27-13-12-25-20-26(44)14-15-36(25,3)38(27,40)30(45)21-37(28,39)4)31(46)23-57-35(50)56-22-29(34(49)55-16-9-10-18-59-43(53)54)41-32(47)11-7-6-8-17-58-42(51)52/h14-15,20,24,27-30,45H,5-13,16-19,21-23H2,1-4H3,(H,41,47)/t24-,27-,28-,29?,30-,36-,37-,38-,39-/m0/s1. The van der Waals surface area contributed by atoms with Gasteiger partial charge in [-0.1, -0.05) is 38.8 Å². The maximum absolute atomic E-state index is 17.7. The molecule has 20 nitrogen and oxygen atoms in total. The molecule has 4 aliphatic carbocycles. The average Bonchev–Trinajstić information content (AvgIpc) is 3.40. The molecule has 0 aromatic carbocycles. The Kier molecular flexibility index (Phi) is 15.7. The molecule has 0 radical (unpaired) electrons. The van der Waals surface area contributed by atoms with E-state index >= 15 is 4.39 Å². The van der Waals surface area contributed by atoms with Crippen LogP contribution in [0.2, 0.25) is 0 Å². The number of carbonyl (C=O) groups excluding carboxylic acids is 6. The van der Waals surface area contributed by atoms with Gasteiger partial charge < -0.3 is 39.0 Å². The number of allylic oxidation sites excluding steroid dienone is 4. The number of ether oxygens (including phenoxy) is 4. The zero-order valence-electron chi connectivity index (χ0n) is 34.2. The minimum Gasteiger partial charge on any atom is -0.464 e. The van der Waals surface area contributed by atoms with E-state index in [2.05, 4.69) is 15.0 Å². The van der Waals surface area contributed by atoms with E-state index < -0.39 is 105 Å². The van der Waals surface area contributed by atoms with Crippen molar-refractivity contribution in [3.63, 3.8) is 0 Å². The summed E-state index contributed by atoms with van der Waals surface area (Å²) in [7, 11) is 0. The Morgan fingerprint density at radius 3 is 2.27 bits per heavy atom. The lowest BCUT2D eigenvalue weighted by Gasteiger charge is -2.62. The third-order valence-corrected chi connectivity index (χ3v) is 12.7. The summed E-state index contributed by atoms with van der Waals surface area (Å²) in [5.74, 6) is -5.65. The molecule has 60 heavy (non-hydrogen) atoms. The van der Waals surface area contributed by atoms with Crippen molar-refractivity contribution in [2.75, 3.05) is 33.0 Å². The number of unbranched alkanes of at least 4 members (excludes halogenated alkanes) is 3. The van der Waals surface area contributed by atoms with E-state index in [0.717, 1.165) is 0 Å². The maximum atomic E-state index is 17.7. The first-order chi connectivity index (χ1) is 28.3. The molecule has 1 unspecified atom stereocenters. The van der Waals surface area contributed by atoms with Crippen molar-refractivity contribution < 1.29 is 77.1 Å². The van der Waals surface area contributed by atoms with Gasteiger partial charge in [-0.3, -0.25) is 19.2 Å². The van der Waals surface area contributed by atoms with Crippen LogP contribution < -0.4 is 5.32 Å². The lowest BCUT2D eigenvalue weighted by Crippen LogP contribution is -2.70. The number of halogens is 1. The number of aliphatic hydroxyl groups is 1. The van der Waals surface area contributed by atoms with Gasteiger partial charge in [-0.15, -0.1) is 20.2 Å². The van der Waals surface area contributed by atoms with Crippen LogP contribution in [-0.4, -0.2) is 107 Å². The Morgan fingerprint density at radius 1 is 0.967 bits per heavy atom. The molecule has 9 atom stereocenters. The van der Waals surface area contributed by atoms with E-state index in [4.69, 9.17) is 18.9 Å². The first-order valence-corrected chi connectivity index (χ1v) is 20.1. The highest BCUT2D eigenvalue weighted by Gasteiger charge is 2.77. The molecule has 21 heteroatoms. The molecule has 3 saturated carbocycles. The number of ketones is 2. The molecule has 1 amide bonds. The van der Waals surface area contributed by atoms with Crippen molar-refractivity contribution in [3.05, 3.63) is 44.0 Å². The van der Waals surface area contributed by atoms with Crippen molar-refractivity contribution >= 4 is 35.6 Å². The highest BCUT2D eigenvalue weighted by molar-refractivity contribution is 6.01. The van der Waals surface area contributed by atoms with Crippen LogP contribution in [0, 0.1) is 48.8 Å². The van der Waals surface area contributed by atoms with Gasteiger partial charge in [-0.05, 0) is 76.4 Å². The fourth-order valence-corrected chi connectivity index (χ4v) is 9.83. The van der Waals surface area contributed by atoms with Gasteiger partial charge in [0, 0.05) is 35.5 Å². The molecule has 0 aromatic rings. The van der Waals surface area contributed by atoms with Crippen LogP contribution in [0.1, 0.15) is 98.3 Å². The van der Waals surface area contributed by atoms with E-state index in [1.165, 1.54) is 25.2 Å². The summed E-state index contributed by atoms with van der Waals surface area (Å²) in [6, 6.07) is -1.56. The first-order valence-electron chi connectivity index (χ1n) is 20.1. The average molecular weight is 856 g/mol. The zero-order chi connectivity index (χ0) is 44.5. The number of Topliss-reactive ketones (excluding diaryl/α,β-unsaturated/α-hetero) is 1. The highest BCUT2D eigenvalue weighted by atomic mass is 19.1. The second-order valence-corrected chi connectivity index (χ2v) is 16.2. The summed E-state index contributed by atoms with van der Waals surface area (Å²) >= 11 is 0. The van der Waals surface area contributed by atoms with Crippen LogP contribution in [0.25, 0.3) is 0 Å². The smallest absolute Gasteiger partial charge is 0.464 e. The van der Waals surface area contributed by atoms with Crippen molar-refractivity contribution in [2.24, 2.45) is 28.6 Å². The number of esters is 2. The fraction of sp³-hybridized carbons (Fsp3) is 0.744. The van der Waals surface area contributed by atoms with Crippen LogP contribution in [0.15, 0.2) is 23.8 Å². The monoisotopic (exact) mass is 855 g/mol. The van der Waals surface area contributed by atoms with Crippen molar-refractivity contribution in [3.8, 4) is 0 Å². The van der Waals surface area contributed by atoms with Crippen LogP contribution in [-0.2, 0) is 52.6 Å². The quantitative estimate of drug-likeness (QED) is 0.0515. The molecule has 2 N–H and O–H groups in total. The summed E-state index contributed by atoms with van der Waals surface area (Å²) in [6.07, 6.45) is 2.65. The number of rotatable bonds is 22. The van der Waals surface area contributed by atoms with Crippen LogP contribution in [0.3, 0.4) is 0 Å². The topological polar surface area (TPSA) is 276 Å². The van der Waals surface area contributed by atoms with Crippen molar-refractivity contribution in [1.29, 1.82) is 0 Å². The van der Waals surface area contributed by atoms with Gasteiger partial charge in [-0.2, -0.15) is 0 Å². The number of hydrogen-bond donors (Lipinski definition) is 2. The number of carbonyl (C=O) groups is 6. The van der Waals surface area contributed by atoms with Crippen LogP contribution >= 0.6 is 0 Å². The van der Waals surface area contributed by atoms with E-state index in [-0.39, 0.29) is 83.4 Å². The van der Waals surface area contributed by atoms with Gasteiger partial charge in [0.05, 0.1) is 25.9 Å². The molecule has 4 aliphatic rings. The van der Waals surface area contributed by atoms with Crippen LogP contribution in [0.5, 0.6) is 0 Å². The zero-order valence-corrected chi connectivity index (χ0v) is 34.2. The van der Waals surface area contributed by atoms with E-state index in [1.807, 2.05) is 0 Å². The van der Waals surface area contributed by atoms with Gasteiger partial charge in [0.1, 0.15) is 6.61 Å². The number of nitrogens with zero attached hydrogens (tertiary/aromatic N) is 2. The molecule has 0 bridgehead atoms. The SMILES string of the molecule is CCC(=O)O[C@]1(C(=O)COC(=O)OCC(NC(=O)CCCCCO[N+](=O)[O-])C(=O)OCCCCO[N+](=O)[O-])[C@@H](C)C[C@H]2[C@@H]3CCC4=CC(=O)C=C[C@]4(C)[C@@]3(F)[C@@H](O)C[C@@]21C. The molecular weight excluding hydrogens is 801 g/mol. The molecular formula is C39H54FN3O17. The number of nitrogens with one attached hydrogen (secondary N) is 1. The number of amides is 1.